The summed E-state index contributed by atoms with van der Waals surface area (Å²) in [7, 11) is 0. The van der Waals surface area contributed by atoms with Crippen LogP contribution in [0.5, 0.6) is 0 Å². The molecule has 0 saturated heterocycles. The predicted molar refractivity (Wildman–Crippen MR) is 126 cm³/mol. The van der Waals surface area contributed by atoms with Crippen LogP contribution in [0.25, 0.3) is 33.0 Å². The number of hydrogen-bond acceptors (Lipinski definition) is 0. The van der Waals surface area contributed by atoms with Gasteiger partial charge in [0.05, 0.1) is 0 Å². The standard InChI is InChI=1S/C28H25Cl/c29-25-16-14-22(15-17-25)26-13-7-12-23-18-24(20-8-3-1-4-9-20)19-27(28(23)26)21-10-5-2-6-11-21/h2,5-7,10-20H,1,3-4,8-9H2. The zero-order valence-electron chi connectivity index (χ0n) is 16.6. The van der Waals surface area contributed by atoms with E-state index in [4.69, 9.17) is 11.6 Å². The van der Waals surface area contributed by atoms with Crippen molar-refractivity contribution in [2.24, 2.45) is 0 Å². The van der Waals surface area contributed by atoms with Gasteiger partial charge in [0, 0.05) is 5.02 Å². The van der Waals surface area contributed by atoms with E-state index in [0.29, 0.717) is 5.92 Å². The van der Waals surface area contributed by atoms with Crippen molar-refractivity contribution >= 4 is 22.4 Å². The summed E-state index contributed by atoms with van der Waals surface area (Å²) < 4.78 is 0. The maximum absolute atomic E-state index is 6.15. The molecule has 0 unspecified atom stereocenters. The Morgan fingerprint density at radius 3 is 2.10 bits per heavy atom. The zero-order valence-corrected chi connectivity index (χ0v) is 17.3. The number of rotatable bonds is 3. The second-order valence-corrected chi connectivity index (χ2v) is 8.62. The zero-order chi connectivity index (χ0) is 19.6. The van der Waals surface area contributed by atoms with Crippen LogP contribution in [0.2, 0.25) is 5.02 Å². The third kappa shape index (κ3) is 3.70. The number of fused-ring (bicyclic) bond motifs is 1. The Bertz CT molecular complexity index is 1120. The van der Waals surface area contributed by atoms with Crippen molar-refractivity contribution in [1.29, 1.82) is 0 Å². The van der Waals surface area contributed by atoms with Gasteiger partial charge in [-0.25, -0.2) is 0 Å². The van der Waals surface area contributed by atoms with E-state index >= 15 is 0 Å². The van der Waals surface area contributed by atoms with Crippen LogP contribution in [0.1, 0.15) is 43.6 Å². The van der Waals surface area contributed by atoms with Crippen LogP contribution >= 0.6 is 11.6 Å². The minimum Gasteiger partial charge on any atom is -0.0843 e. The van der Waals surface area contributed by atoms with E-state index < -0.39 is 0 Å². The fourth-order valence-corrected chi connectivity index (χ4v) is 4.96. The van der Waals surface area contributed by atoms with E-state index in [-0.39, 0.29) is 0 Å². The van der Waals surface area contributed by atoms with Crippen LogP contribution in [-0.2, 0) is 0 Å². The lowest BCUT2D eigenvalue weighted by Crippen LogP contribution is -2.05. The molecule has 144 valence electrons. The quantitative estimate of drug-likeness (QED) is 0.324. The lowest BCUT2D eigenvalue weighted by molar-refractivity contribution is 0.444. The Balaban J connectivity index is 1.77. The smallest absolute Gasteiger partial charge is 0.0406 e. The summed E-state index contributed by atoms with van der Waals surface area (Å²) in [5.74, 6) is 0.690. The van der Waals surface area contributed by atoms with Gasteiger partial charge in [0.25, 0.3) is 0 Å². The van der Waals surface area contributed by atoms with Gasteiger partial charge in [-0.15, -0.1) is 0 Å². The number of halogens is 1. The van der Waals surface area contributed by atoms with Crippen LogP contribution in [-0.4, -0.2) is 0 Å². The van der Waals surface area contributed by atoms with E-state index in [0.717, 1.165) is 5.02 Å². The number of benzene rings is 4. The second kappa shape index (κ2) is 8.05. The highest BCUT2D eigenvalue weighted by molar-refractivity contribution is 6.30. The Hall–Kier alpha value is -2.57. The molecule has 4 aromatic rings. The maximum Gasteiger partial charge on any atom is 0.0406 e. The van der Waals surface area contributed by atoms with E-state index in [2.05, 4.69) is 72.8 Å². The molecule has 1 heteroatoms. The average Bonchev–Trinajstić information content (AvgIpc) is 2.80. The van der Waals surface area contributed by atoms with Crippen LogP contribution < -0.4 is 0 Å². The van der Waals surface area contributed by atoms with E-state index in [9.17, 15) is 0 Å². The summed E-state index contributed by atoms with van der Waals surface area (Å²) in [5.41, 5.74) is 6.62. The first-order chi connectivity index (χ1) is 14.3. The summed E-state index contributed by atoms with van der Waals surface area (Å²) in [4.78, 5) is 0. The molecule has 1 aliphatic rings. The molecule has 0 bridgehead atoms. The monoisotopic (exact) mass is 396 g/mol. The lowest BCUT2D eigenvalue weighted by Gasteiger charge is -2.24. The van der Waals surface area contributed by atoms with Crippen molar-refractivity contribution in [2.45, 2.75) is 38.0 Å². The molecular weight excluding hydrogens is 372 g/mol. The van der Waals surface area contributed by atoms with Crippen molar-refractivity contribution in [3.05, 3.63) is 95.5 Å². The van der Waals surface area contributed by atoms with Crippen molar-refractivity contribution in [2.75, 3.05) is 0 Å². The summed E-state index contributed by atoms with van der Waals surface area (Å²) in [6.45, 7) is 0. The molecule has 0 nitrogen and oxygen atoms in total. The summed E-state index contributed by atoms with van der Waals surface area (Å²) in [6, 6.07) is 30.7. The minimum absolute atomic E-state index is 0.690. The Morgan fingerprint density at radius 1 is 0.621 bits per heavy atom. The average molecular weight is 397 g/mol. The minimum atomic E-state index is 0.690. The normalized spacial score (nSPS) is 14.9. The Morgan fingerprint density at radius 2 is 1.34 bits per heavy atom. The molecule has 29 heavy (non-hydrogen) atoms. The second-order valence-electron chi connectivity index (χ2n) is 8.18. The molecule has 4 aromatic carbocycles. The Labute approximate surface area is 178 Å². The molecule has 0 aromatic heterocycles. The molecular formula is C28H25Cl. The third-order valence-corrected chi connectivity index (χ3v) is 6.57. The highest BCUT2D eigenvalue weighted by Crippen LogP contribution is 2.41. The van der Waals surface area contributed by atoms with E-state index in [1.54, 1.807) is 0 Å². The van der Waals surface area contributed by atoms with Gasteiger partial charge in [-0.3, -0.25) is 0 Å². The van der Waals surface area contributed by atoms with Crippen LogP contribution in [0, 0.1) is 0 Å². The molecule has 0 amide bonds. The molecule has 5 rings (SSSR count). The molecule has 0 atom stereocenters. The summed E-state index contributed by atoms with van der Waals surface area (Å²) >= 11 is 6.15. The van der Waals surface area contributed by atoms with Gasteiger partial charge < -0.3 is 0 Å². The highest BCUT2D eigenvalue weighted by atomic mass is 35.5. The highest BCUT2D eigenvalue weighted by Gasteiger charge is 2.19. The van der Waals surface area contributed by atoms with Crippen molar-refractivity contribution in [3.63, 3.8) is 0 Å². The maximum atomic E-state index is 6.15. The molecule has 0 aliphatic heterocycles. The topological polar surface area (TPSA) is 0 Å². The van der Waals surface area contributed by atoms with Gasteiger partial charge in [0.1, 0.15) is 0 Å². The molecule has 0 N–H and O–H groups in total. The van der Waals surface area contributed by atoms with Gasteiger partial charge in [-0.1, -0.05) is 104 Å². The first kappa shape index (κ1) is 18.5. The van der Waals surface area contributed by atoms with Crippen LogP contribution in [0.3, 0.4) is 0 Å². The molecule has 1 aliphatic carbocycles. The first-order valence-corrected chi connectivity index (χ1v) is 11.1. The van der Waals surface area contributed by atoms with Crippen molar-refractivity contribution < 1.29 is 0 Å². The number of hydrogen-bond donors (Lipinski definition) is 0. The van der Waals surface area contributed by atoms with Crippen LogP contribution in [0.4, 0.5) is 0 Å². The summed E-state index contributed by atoms with van der Waals surface area (Å²) in [6.07, 6.45) is 6.73. The largest absolute Gasteiger partial charge is 0.0843 e. The van der Waals surface area contributed by atoms with Crippen LogP contribution in [0.15, 0.2) is 84.9 Å². The molecule has 1 saturated carbocycles. The Kier molecular flexibility index (Phi) is 5.12. The van der Waals surface area contributed by atoms with Gasteiger partial charge in [-0.05, 0) is 69.5 Å². The fourth-order valence-electron chi connectivity index (χ4n) is 4.84. The van der Waals surface area contributed by atoms with E-state index in [1.807, 2.05) is 12.1 Å². The molecule has 0 heterocycles. The van der Waals surface area contributed by atoms with Crippen molar-refractivity contribution in [1.82, 2.24) is 0 Å². The van der Waals surface area contributed by atoms with Gasteiger partial charge >= 0.3 is 0 Å². The third-order valence-electron chi connectivity index (χ3n) is 6.32. The van der Waals surface area contributed by atoms with Gasteiger partial charge in [0.2, 0.25) is 0 Å². The fraction of sp³-hybridized carbons (Fsp3) is 0.214. The molecule has 0 radical (unpaired) electrons. The van der Waals surface area contributed by atoms with Gasteiger partial charge in [-0.2, -0.15) is 0 Å². The first-order valence-electron chi connectivity index (χ1n) is 10.7. The SMILES string of the molecule is Clc1ccc(-c2cccc3cc(C4CCCCC4)cc(-c4ccccc4)c23)cc1. The lowest BCUT2D eigenvalue weighted by atomic mass is 9.81. The van der Waals surface area contributed by atoms with Crippen molar-refractivity contribution in [3.8, 4) is 22.3 Å². The molecule has 0 spiro atoms. The predicted octanol–water partition coefficient (Wildman–Crippen LogP) is 8.87. The molecule has 1 fully saturated rings. The summed E-state index contributed by atoms with van der Waals surface area (Å²) in [5, 5.41) is 3.44. The van der Waals surface area contributed by atoms with Gasteiger partial charge in [0.15, 0.2) is 0 Å². The van der Waals surface area contributed by atoms with E-state index in [1.165, 1.54) is 70.7 Å².